The van der Waals surface area contributed by atoms with Gasteiger partial charge in [0.15, 0.2) is 5.75 Å². The van der Waals surface area contributed by atoms with Crippen LogP contribution in [-0.4, -0.2) is 11.7 Å². The van der Waals surface area contributed by atoms with Crippen LogP contribution in [0.2, 0.25) is 5.02 Å². The van der Waals surface area contributed by atoms with Gasteiger partial charge in [-0.15, -0.1) is 0 Å². The molecule has 0 saturated carbocycles. The van der Waals surface area contributed by atoms with Gasteiger partial charge in [0.1, 0.15) is 16.5 Å². The lowest BCUT2D eigenvalue weighted by Gasteiger charge is -2.20. The first kappa shape index (κ1) is 11.0. The van der Waals surface area contributed by atoms with E-state index in [4.69, 9.17) is 22.1 Å². The molecule has 3 N–H and O–H groups in total. The third-order valence-electron chi connectivity index (χ3n) is 2.40. The summed E-state index contributed by atoms with van der Waals surface area (Å²) in [5.74, 6) is 0.961. The third kappa shape index (κ3) is 1.79. The molecular weight excluding hydrogens is 226 g/mol. The number of fused-ring (bicyclic) bond motifs is 1. The molecule has 1 aromatic carbocycles. The number of halogens is 1. The van der Waals surface area contributed by atoms with Crippen molar-refractivity contribution in [3.05, 3.63) is 41.1 Å². The van der Waals surface area contributed by atoms with Crippen molar-refractivity contribution in [2.75, 3.05) is 6.54 Å². The van der Waals surface area contributed by atoms with E-state index in [1.165, 1.54) is 0 Å². The second-order valence-corrected chi connectivity index (χ2v) is 3.93. The monoisotopic (exact) mass is 237 g/mol. The molecule has 0 atom stereocenters. The molecule has 0 unspecified atom stereocenters. The summed E-state index contributed by atoms with van der Waals surface area (Å²) in [7, 11) is 0. The average Bonchev–Trinajstić information content (AvgIpc) is 2.24. The highest BCUT2D eigenvalue weighted by atomic mass is 35.5. The topological polar surface area (TPSA) is 55.5 Å². The van der Waals surface area contributed by atoms with E-state index in [0.717, 1.165) is 17.6 Å². The summed E-state index contributed by atoms with van der Waals surface area (Å²) >= 11 is 5.97. The van der Waals surface area contributed by atoms with E-state index in [-0.39, 0.29) is 10.8 Å². The summed E-state index contributed by atoms with van der Waals surface area (Å²) in [6, 6.07) is 3.31. The zero-order valence-electron chi connectivity index (χ0n) is 8.66. The van der Waals surface area contributed by atoms with Gasteiger partial charge in [0, 0.05) is 5.56 Å². The van der Waals surface area contributed by atoms with Crippen LogP contribution in [0.15, 0.2) is 30.5 Å². The van der Waals surface area contributed by atoms with Crippen LogP contribution in [0.3, 0.4) is 0 Å². The zero-order chi connectivity index (χ0) is 11.7. The van der Waals surface area contributed by atoms with Crippen molar-refractivity contribution in [2.45, 2.75) is 6.42 Å². The normalized spacial score (nSPS) is 14.1. The molecule has 0 fully saturated rings. The zero-order valence-corrected chi connectivity index (χ0v) is 9.42. The smallest absolute Gasteiger partial charge is 0.157 e. The van der Waals surface area contributed by atoms with Gasteiger partial charge in [-0.05, 0) is 36.7 Å². The van der Waals surface area contributed by atoms with E-state index in [1.807, 2.05) is 6.08 Å². The Morgan fingerprint density at radius 2 is 2.19 bits per heavy atom. The molecule has 0 radical (unpaired) electrons. The van der Waals surface area contributed by atoms with Gasteiger partial charge in [0.2, 0.25) is 0 Å². The van der Waals surface area contributed by atoms with Crippen molar-refractivity contribution >= 4 is 17.2 Å². The lowest BCUT2D eigenvalue weighted by Crippen LogP contribution is -2.07. The number of phenolic OH excluding ortho intramolecular Hbond substituents is 1. The molecule has 0 saturated heterocycles. The van der Waals surface area contributed by atoms with E-state index in [0.29, 0.717) is 18.1 Å². The molecule has 0 amide bonds. The third-order valence-corrected chi connectivity index (χ3v) is 2.77. The highest BCUT2D eigenvalue weighted by Gasteiger charge is 2.20. The molecule has 0 bridgehead atoms. The standard InChI is InChI=1S/C12H12ClNO2/c1-7-6-8(4-5-14)9-2-3-10(15)11(13)12(9)16-7/h2-3,6,15H,1,4-5,14H2. The van der Waals surface area contributed by atoms with Crippen molar-refractivity contribution in [1.82, 2.24) is 0 Å². The van der Waals surface area contributed by atoms with Gasteiger partial charge in [-0.3, -0.25) is 0 Å². The number of hydrogen-bond donors (Lipinski definition) is 2. The lowest BCUT2D eigenvalue weighted by molar-refractivity contribution is 0.429. The van der Waals surface area contributed by atoms with Crippen LogP contribution in [0.5, 0.6) is 11.5 Å². The van der Waals surface area contributed by atoms with Gasteiger partial charge in [-0.2, -0.15) is 0 Å². The molecular formula is C12H12ClNO2. The molecule has 0 aliphatic carbocycles. The quantitative estimate of drug-likeness (QED) is 0.832. The van der Waals surface area contributed by atoms with Crippen molar-refractivity contribution in [3.63, 3.8) is 0 Å². The first-order valence-electron chi connectivity index (χ1n) is 4.92. The highest BCUT2D eigenvalue weighted by molar-refractivity contribution is 6.33. The van der Waals surface area contributed by atoms with Crippen LogP contribution in [0, 0.1) is 0 Å². The molecule has 1 aromatic rings. The number of rotatable bonds is 2. The van der Waals surface area contributed by atoms with Gasteiger partial charge >= 0.3 is 0 Å². The molecule has 2 rings (SSSR count). The molecule has 1 heterocycles. The molecule has 1 aliphatic rings. The number of phenols is 1. The molecule has 0 aromatic heterocycles. The Morgan fingerprint density at radius 1 is 1.44 bits per heavy atom. The predicted octanol–water partition coefficient (Wildman–Crippen LogP) is 2.68. The number of aromatic hydroxyl groups is 1. The number of nitrogens with two attached hydrogens (primary N) is 1. The van der Waals surface area contributed by atoms with Crippen molar-refractivity contribution in [1.29, 1.82) is 0 Å². The Bertz CT molecular complexity index is 480. The van der Waals surface area contributed by atoms with E-state index in [1.54, 1.807) is 12.1 Å². The summed E-state index contributed by atoms with van der Waals surface area (Å²) in [6.45, 7) is 4.28. The first-order valence-corrected chi connectivity index (χ1v) is 5.30. The van der Waals surface area contributed by atoms with E-state index >= 15 is 0 Å². The highest BCUT2D eigenvalue weighted by Crippen LogP contribution is 2.43. The first-order chi connectivity index (χ1) is 7.63. The number of ether oxygens (including phenoxy) is 1. The maximum absolute atomic E-state index is 9.49. The molecule has 0 spiro atoms. The molecule has 4 heteroatoms. The maximum atomic E-state index is 9.49. The Labute approximate surface area is 98.8 Å². The number of benzene rings is 1. The Balaban J connectivity index is 2.56. The Hall–Kier alpha value is -1.45. The maximum Gasteiger partial charge on any atom is 0.157 e. The number of hydrogen-bond acceptors (Lipinski definition) is 3. The van der Waals surface area contributed by atoms with Crippen LogP contribution in [0.25, 0.3) is 5.57 Å². The minimum atomic E-state index is 0.00205. The molecule has 84 valence electrons. The Kier molecular flexibility index (Phi) is 2.90. The second-order valence-electron chi connectivity index (χ2n) is 3.55. The summed E-state index contributed by atoms with van der Waals surface area (Å²) in [4.78, 5) is 0. The fourth-order valence-corrected chi connectivity index (χ4v) is 1.90. The Morgan fingerprint density at radius 3 is 2.88 bits per heavy atom. The van der Waals surface area contributed by atoms with Crippen LogP contribution in [0.1, 0.15) is 12.0 Å². The van der Waals surface area contributed by atoms with Crippen LogP contribution < -0.4 is 10.5 Å². The predicted molar refractivity (Wildman–Crippen MR) is 64.5 cm³/mol. The van der Waals surface area contributed by atoms with Gasteiger partial charge in [0.25, 0.3) is 0 Å². The fraction of sp³-hybridized carbons (Fsp3) is 0.167. The van der Waals surface area contributed by atoms with Gasteiger partial charge in [-0.25, -0.2) is 0 Å². The summed E-state index contributed by atoms with van der Waals surface area (Å²) in [5.41, 5.74) is 7.42. The van der Waals surface area contributed by atoms with E-state index in [2.05, 4.69) is 6.58 Å². The van der Waals surface area contributed by atoms with Gasteiger partial charge < -0.3 is 15.6 Å². The molecule has 1 aliphatic heterocycles. The second kappa shape index (κ2) is 4.20. The SMILES string of the molecule is C=C1C=C(CCN)c2ccc(O)c(Cl)c2O1. The molecule has 3 nitrogen and oxygen atoms in total. The lowest BCUT2D eigenvalue weighted by atomic mass is 9.99. The van der Waals surface area contributed by atoms with E-state index < -0.39 is 0 Å². The van der Waals surface area contributed by atoms with E-state index in [9.17, 15) is 5.11 Å². The van der Waals surface area contributed by atoms with Crippen molar-refractivity contribution in [2.24, 2.45) is 5.73 Å². The van der Waals surface area contributed by atoms with Crippen molar-refractivity contribution < 1.29 is 9.84 Å². The average molecular weight is 238 g/mol. The number of allylic oxidation sites excluding steroid dienone is 1. The van der Waals surface area contributed by atoms with Crippen LogP contribution >= 0.6 is 11.6 Å². The fourth-order valence-electron chi connectivity index (χ4n) is 1.69. The van der Waals surface area contributed by atoms with Crippen LogP contribution in [0.4, 0.5) is 0 Å². The van der Waals surface area contributed by atoms with Crippen LogP contribution in [-0.2, 0) is 0 Å². The van der Waals surface area contributed by atoms with Gasteiger partial charge in [-0.1, -0.05) is 18.2 Å². The summed E-state index contributed by atoms with van der Waals surface area (Å²) < 4.78 is 5.42. The largest absolute Gasteiger partial charge is 0.506 e. The van der Waals surface area contributed by atoms with Gasteiger partial charge in [0.05, 0.1) is 0 Å². The minimum Gasteiger partial charge on any atom is -0.506 e. The van der Waals surface area contributed by atoms with Crippen molar-refractivity contribution in [3.8, 4) is 11.5 Å². The minimum absolute atomic E-state index is 0.00205. The summed E-state index contributed by atoms with van der Waals surface area (Å²) in [5, 5.41) is 9.70. The summed E-state index contributed by atoms with van der Waals surface area (Å²) in [6.07, 6.45) is 2.55. The molecule has 16 heavy (non-hydrogen) atoms.